The first-order valence-corrected chi connectivity index (χ1v) is 6.94. The summed E-state index contributed by atoms with van der Waals surface area (Å²) in [5, 5.41) is 0. The molecule has 0 spiro atoms. The second kappa shape index (κ2) is 5.20. The van der Waals surface area contributed by atoms with Crippen LogP contribution in [0.2, 0.25) is 0 Å². The molecule has 0 bridgehead atoms. The standard InChI is InChI=1S/C15H15O6/c1-2-17-13(16-1)10-7-11(14-18-3-4-19-14)9-12(8-10)15-20-5-6-21-15/h7-9H,1-6H2/q+3. The van der Waals surface area contributed by atoms with Crippen molar-refractivity contribution >= 4 is 17.9 Å². The summed E-state index contributed by atoms with van der Waals surface area (Å²) in [6, 6.07) is 5.75. The molecule has 108 valence electrons. The largest absolute Gasteiger partial charge is 0.520 e. The predicted octanol–water partition coefficient (Wildman–Crippen LogP) is 0.805. The van der Waals surface area contributed by atoms with Crippen molar-refractivity contribution < 1.29 is 27.5 Å². The number of rotatable bonds is 3. The van der Waals surface area contributed by atoms with Crippen LogP contribution in [0.25, 0.3) is 0 Å². The molecule has 4 rings (SSSR count). The topological polar surface area (TPSA) is 61.6 Å². The normalized spacial score (nSPS) is 20.3. The summed E-state index contributed by atoms with van der Waals surface area (Å²) >= 11 is 0. The molecule has 0 aliphatic carbocycles. The van der Waals surface area contributed by atoms with Gasteiger partial charge in [-0.2, -0.15) is 0 Å². The Morgan fingerprint density at radius 3 is 1.14 bits per heavy atom. The highest BCUT2D eigenvalue weighted by molar-refractivity contribution is 6.01. The molecule has 1 aromatic rings. The van der Waals surface area contributed by atoms with E-state index in [1.807, 2.05) is 18.2 Å². The maximum atomic E-state index is 5.49. The Bertz CT molecular complexity index is 555. The van der Waals surface area contributed by atoms with E-state index >= 15 is 0 Å². The first-order valence-electron chi connectivity index (χ1n) is 6.94. The fourth-order valence-corrected chi connectivity index (χ4v) is 2.41. The molecule has 0 saturated heterocycles. The van der Waals surface area contributed by atoms with Crippen molar-refractivity contribution in [3.05, 3.63) is 34.9 Å². The van der Waals surface area contributed by atoms with Gasteiger partial charge in [0.25, 0.3) is 0 Å². The molecule has 0 saturated carbocycles. The molecular formula is C15H15O6+3. The highest BCUT2D eigenvalue weighted by atomic mass is 16.6. The Labute approximate surface area is 120 Å². The SMILES string of the molecule is c1c(C2=[O+]CCO2)cc(C2=[O+]CCO2)cc1C1=[O+]CCO1. The molecular weight excluding hydrogens is 276 g/mol. The van der Waals surface area contributed by atoms with Gasteiger partial charge in [-0.25, -0.2) is 0 Å². The number of esters is 3. The van der Waals surface area contributed by atoms with Gasteiger partial charge in [-0.3, -0.25) is 0 Å². The average Bonchev–Trinajstić information content (AvgIpc) is 3.29. The lowest BCUT2D eigenvalue weighted by atomic mass is 10.1. The first kappa shape index (κ1) is 12.4. The van der Waals surface area contributed by atoms with Crippen LogP contribution in [0.4, 0.5) is 0 Å². The van der Waals surface area contributed by atoms with E-state index < -0.39 is 0 Å². The van der Waals surface area contributed by atoms with Gasteiger partial charge in [0.2, 0.25) is 39.6 Å². The van der Waals surface area contributed by atoms with Gasteiger partial charge >= 0.3 is 17.9 Å². The zero-order chi connectivity index (χ0) is 14.1. The maximum absolute atomic E-state index is 5.49. The lowest BCUT2D eigenvalue weighted by Gasteiger charge is -1.97. The van der Waals surface area contributed by atoms with Crippen LogP contribution in [0, 0.1) is 0 Å². The smallest absolute Gasteiger partial charge is 0.311 e. The number of hydrogen-bond acceptors (Lipinski definition) is 3. The van der Waals surface area contributed by atoms with Crippen LogP contribution in [0.5, 0.6) is 0 Å². The van der Waals surface area contributed by atoms with Gasteiger partial charge in [-0.05, 0) is 18.2 Å². The van der Waals surface area contributed by atoms with Crippen molar-refractivity contribution in [3.63, 3.8) is 0 Å². The Kier molecular flexibility index (Phi) is 3.06. The molecule has 0 aromatic heterocycles. The monoisotopic (exact) mass is 291 g/mol. The minimum atomic E-state index is 0.510. The summed E-state index contributed by atoms with van der Waals surface area (Å²) in [5.41, 5.74) is 2.45. The van der Waals surface area contributed by atoms with Crippen molar-refractivity contribution in [2.24, 2.45) is 0 Å². The summed E-state index contributed by atoms with van der Waals surface area (Å²) in [6.45, 7) is 3.35. The zero-order valence-electron chi connectivity index (χ0n) is 11.4. The van der Waals surface area contributed by atoms with Crippen LogP contribution >= 0.6 is 0 Å². The molecule has 21 heavy (non-hydrogen) atoms. The molecule has 3 aliphatic rings. The summed E-state index contributed by atoms with van der Waals surface area (Å²) in [4.78, 5) is 0. The molecule has 1 aromatic carbocycles. The summed E-state index contributed by atoms with van der Waals surface area (Å²) < 4.78 is 32.9. The molecule has 6 heteroatoms. The second-order valence-electron chi connectivity index (χ2n) is 4.75. The van der Waals surface area contributed by atoms with E-state index in [2.05, 4.69) is 0 Å². The maximum Gasteiger partial charge on any atom is 0.520 e. The Morgan fingerprint density at radius 2 is 0.905 bits per heavy atom. The van der Waals surface area contributed by atoms with Crippen molar-refractivity contribution in [1.82, 2.24) is 0 Å². The number of benzene rings is 1. The Hall–Kier alpha value is -2.37. The van der Waals surface area contributed by atoms with E-state index in [1.165, 1.54) is 0 Å². The number of carbonyl (C=O) groups excluding carboxylic acids is 3. The van der Waals surface area contributed by atoms with E-state index in [0.717, 1.165) is 16.7 Å². The molecule has 0 radical (unpaired) electrons. The van der Waals surface area contributed by atoms with E-state index in [1.54, 1.807) is 0 Å². The van der Waals surface area contributed by atoms with Crippen LogP contribution in [0.15, 0.2) is 18.2 Å². The van der Waals surface area contributed by atoms with Crippen molar-refractivity contribution in [2.75, 3.05) is 39.6 Å². The Balaban J connectivity index is 1.79. The van der Waals surface area contributed by atoms with E-state index in [4.69, 9.17) is 27.5 Å². The van der Waals surface area contributed by atoms with Crippen molar-refractivity contribution in [3.8, 4) is 0 Å². The lowest BCUT2D eigenvalue weighted by molar-refractivity contribution is -0.253. The zero-order valence-corrected chi connectivity index (χ0v) is 11.4. The van der Waals surface area contributed by atoms with Gasteiger partial charge < -0.3 is 27.5 Å². The molecule has 6 nitrogen and oxygen atoms in total. The van der Waals surface area contributed by atoms with E-state index in [9.17, 15) is 0 Å². The molecule has 0 amide bonds. The third-order valence-corrected chi connectivity index (χ3v) is 3.29. The van der Waals surface area contributed by atoms with Gasteiger partial charge in [0, 0.05) is 0 Å². The average molecular weight is 291 g/mol. The van der Waals surface area contributed by atoms with Gasteiger partial charge in [-0.1, -0.05) is 0 Å². The number of cyclic esters (lactones) is 3. The van der Waals surface area contributed by atoms with Gasteiger partial charge in [0.1, 0.15) is 16.7 Å². The third kappa shape index (κ3) is 2.37. The number of ether oxygens (including phenoxy) is 3. The lowest BCUT2D eigenvalue weighted by Crippen LogP contribution is -2.10. The molecule has 0 fully saturated rings. The van der Waals surface area contributed by atoms with Crippen molar-refractivity contribution in [1.29, 1.82) is 0 Å². The summed E-state index contributed by atoms with van der Waals surface area (Å²) in [5.74, 6) is 1.53. The van der Waals surface area contributed by atoms with Gasteiger partial charge in [0.05, 0.1) is 0 Å². The van der Waals surface area contributed by atoms with Gasteiger partial charge in [0.15, 0.2) is 0 Å². The molecule has 3 heterocycles. The second-order valence-corrected chi connectivity index (χ2v) is 4.75. The Morgan fingerprint density at radius 1 is 0.571 bits per heavy atom. The number of hydrogen-bond donors (Lipinski definition) is 0. The van der Waals surface area contributed by atoms with E-state index in [-0.39, 0.29) is 0 Å². The minimum Gasteiger partial charge on any atom is -0.311 e. The third-order valence-electron chi connectivity index (χ3n) is 3.29. The van der Waals surface area contributed by atoms with Gasteiger partial charge in [-0.15, -0.1) is 0 Å². The van der Waals surface area contributed by atoms with Crippen LogP contribution in [0.1, 0.15) is 30.0 Å². The van der Waals surface area contributed by atoms with Crippen LogP contribution in [-0.4, -0.2) is 57.5 Å². The highest BCUT2D eigenvalue weighted by Crippen LogP contribution is 2.18. The molecule has 0 N–H and O–H groups in total. The predicted molar refractivity (Wildman–Crippen MR) is 71.9 cm³/mol. The fraction of sp³-hybridized carbons (Fsp3) is 0.400. The first-order chi connectivity index (χ1) is 10.4. The van der Waals surface area contributed by atoms with Crippen LogP contribution in [-0.2, 0) is 14.2 Å². The van der Waals surface area contributed by atoms with Crippen LogP contribution in [0.3, 0.4) is 0 Å². The summed E-state index contributed by atoms with van der Waals surface area (Å²) in [7, 11) is 0. The van der Waals surface area contributed by atoms with Crippen LogP contribution < -0.4 is 0 Å². The molecule has 3 aliphatic heterocycles. The fourth-order valence-electron chi connectivity index (χ4n) is 2.41. The van der Waals surface area contributed by atoms with Crippen molar-refractivity contribution in [2.45, 2.75) is 0 Å². The molecule has 0 unspecified atom stereocenters. The highest BCUT2D eigenvalue weighted by Gasteiger charge is 2.34. The molecule has 0 atom stereocenters. The quantitative estimate of drug-likeness (QED) is 0.470. The minimum absolute atomic E-state index is 0.510. The van der Waals surface area contributed by atoms with E-state index in [0.29, 0.717) is 57.5 Å². The summed E-state index contributed by atoms with van der Waals surface area (Å²) in [6.07, 6.45) is 0.